The molecule has 0 saturated carbocycles. The van der Waals surface area contributed by atoms with E-state index in [1.54, 1.807) is 0 Å². The van der Waals surface area contributed by atoms with Crippen LogP contribution in [0.4, 0.5) is 0 Å². The van der Waals surface area contributed by atoms with Crippen LogP contribution in [0.5, 0.6) is 0 Å². The van der Waals surface area contributed by atoms with Gasteiger partial charge in [-0.2, -0.15) is 0 Å². The smallest absolute Gasteiger partial charge is 0.331 e. The van der Waals surface area contributed by atoms with E-state index in [-0.39, 0.29) is 5.57 Å². The lowest BCUT2D eigenvalue weighted by molar-refractivity contribution is -0.207. The van der Waals surface area contributed by atoms with Gasteiger partial charge in [-0.25, -0.2) is 10.1 Å². The zero-order valence-electron chi connectivity index (χ0n) is 8.67. The van der Waals surface area contributed by atoms with Gasteiger partial charge in [0, 0.05) is 11.8 Å². The Hall–Kier alpha value is -2.35. The molecule has 0 heterocycles. The standard InChI is InChI=1S/C9H11NO7/c1-5(9(14)15)2-7(11)10-4-6(17-16)3-8(12)13/h4,16H,1-3H2,(H,10,11)(H,12,13)(H,14,15)/b6-4-. The van der Waals surface area contributed by atoms with Crippen LogP contribution in [0.2, 0.25) is 0 Å². The van der Waals surface area contributed by atoms with Crippen molar-refractivity contribution < 1.29 is 34.7 Å². The number of carbonyl (C=O) groups is 3. The maximum absolute atomic E-state index is 11.1. The van der Waals surface area contributed by atoms with Crippen molar-refractivity contribution in [3.63, 3.8) is 0 Å². The lowest BCUT2D eigenvalue weighted by Gasteiger charge is -2.02. The van der Waals surface area contributed by atoms with E-state index in [9.17, 15) is 14.4 Å². The SMILES string of the molecule is C=C(CC(=O)N/C=C(/CC(=O)O)OO)C(=O)O. The first kappa shape index (κ1) is 14.7. The summed E-state index contributed by atoms with van der Waals surface area (Å²) in [4.78, 5) is 35.4. The van der Waals surface area contributed by atoms with Gasteiger partial charge in [-0.1, -0.05) is 6.58 Å². The first-order chi connectivity index (χ1) is 7.86. The highest BCUT2D eigenvalue weighted by atomic mass is 17.1. The second-order valence-corrected chi connectivity index (χ2v) is 2.93. The molecule has 0 rings (SSSR count). The molecule has 4 N–H and O–H groups in total. The molecule has 0 unspecified atom stereocenters. The van der Waals surface area contributed by atoms with Crippen LogP contribution in [-0.4, -0.2) is 33.3 Å². The third-order valence-electron chi connectivity index (χ3n) is 1.51. The van der Waals surface area contributed by atoms with Gasteiger partial charge in [0.05, 0.1) is 6.42 Å². The van der Waals surface area contributed by atoms with Gasteiger partial charge in [0.1, 0.15) is 6.42 Å². The van der Waals surface area contributed by atoms with E-state index in [0.717, 1.165) is 6.20 Å². The highest BCUT2D eigenvalue weighted by Crippen LogP contribution is 2.01. The molecule has 0 aliphatic heterocycles. The quantitative estimate of drug-likeness (QED) is 0.213. The molecular weight excluding hydrogens is 234 g/mol. The minimum absolute atomic E-state index is 0.319. The fourth-order valence-corrected chi connectivity index (χ4v) is 0.740. The third kappa shape index (κ3) is 6.68. The van der Waals surface area contributed by atoms with Gasteiger partial charge in [0.2, 0.25) is 5.91 Å². The van der Waals surface area contributed by atoms with Gasteiger partial charge in [0.15, 0.2) is 5.76 Å². The van der Waals surface area contributed by atoms with Crippen molar-refractivity contribution in [1.82, 2.24) is 5.32 Å². The number of hydrogen-bond acceptors (Lipinski definition) is 5. The molecule has 0 bridgehead atoms. The van der Waals surface area contributed by atoms with Crippen LogP contribution in [0.25, 0.3) is 0 Å². The Morgan fingerprint density at radius 3 is 2.24 bits per heavy atom. The maximum atomic E-state index is 11.1. The minimum atomic E-state index is -1.31. The fraction of sp³-hybridized carbons (Fsp3) is 0.222. The summed E-state index contributed by atoms with van der Waals surface area (Å²) in [5, 5.41) is 27.1. The van der Waals surface area contributed by atoms with E-state index in [1.165, 1.54) is 0 Å². The van der Waals surface area contributed by atoms with Crippen molar-refractivity contribution in [3.05, 3.63) is 24.1 Å². The molecule has 0 atom stereocenters. The normalized spacial score (nSPS) is 10.5. The van der Waals surface area contributed by atoms with Crippen LogP contribution in [0.3, 0.4) is 0 Å². The highest BCUT2D eigenvalue weighted by Gasteiger charge is 2.10. The van der Waals surface area contributed by atoms with E-state index in [0.29, 0.717) is 0 Å². The van der Waals surface area contributed by atoms with E-state index < -0.39 is 36.4 Å². The van der Waals surface area contributed by atoms with Crippen molar-refractivity contribution in [2.45, 2.75) is 12.8 Å². The predicted molar refractivity (Wildman–Crippen MR) is 53.6 cm³/mol. The van der Waals surface area contributed by atoms with Gasteiger partial charge in [0.25, 0.3) is 0 Å². The number of nitrogens with one attached hydrogen (secondary N) is 1. The summed E-state index contributed by atoms with van der Waals surface area (Å²) in [6, 6.07) is 0. The topological polar surface area (TPSA) is 133 Å². The number of carboxylic acids is 2. The van der Waals surface area contributed by atoms with E-state index in [2.05, 4.69) is 16.8 Å². The number of carbonyl (C=O) groups excluding carboxylic acids is 1. The number of amides is 1. The van der Waals surface area contributed by atoms with Crippen molar-refractivity contribution in [2.75, 3.05) is 0 Å². The van der Waals surface area contributed by atoms with Crippen LogP contribution in [0.1, 0.15) is 12.8 Å². The van der Waals surface area contributed by atoms with Crippen LogP contribution in [0.15, 0.2) is 24.1 Å². The Bertz CT molecular complexity index is 372. The monoisotopic (exact) mass is 245 g/mol. The zero-order chi connectivity index (χ0) is 13.4. The molecule has 0 aromatic rings. The summed E-state index contributed by atoms with van der Waals surface area (Å²) in [7, 11) is 0. The molecule has 1 amide bonds. The average molecular weight is 245 g/mol. The molecule has 0 spiro atoms. The Morgan fingerprint density at radius 2 is 1.82 bits per heavy atom. The molecule has 0 saturated heterocycles. The lowest BCUT2D eigenvalue weighted by Crippen LogP contribution is -2.20. The molecule has 0 fully saturated rings. The molecule has 17 heavy (non-hydrogen) atoms. The lowest BCUT2D eigenvalue weighted by atomic mass is 10.2. The Balaban J connectivity index is 4.28. The molecule has 0 radical (unpaired) electrons. The average Bonchev–Trinajstić information content (AvgIpc) is 2.23. The second-order valence-electron chi connectivity index (χ2n) is 2.93. The van der Waals surface area contributed by atoms with Gasteiger partial charge in [-0.3, -0.25) is 9.59 Å². The number of carboxylic acid groups (broad SMARTS) is 2. The van der Waals surface area contributed by atoms with Crippen LogP contribution < -0.4 is 5.32 Å². The van der Waals surface area contributed by atoms with E-state index in [4.69, 9.17) is 15.5 Å². The number of rotatable bonds is 7. The molecule has 94 valence electrons. The third-order valence-corrected chi connectivity index (χ3v) is 1.51. The fourth-order valence-electron chi connectivity index (χ4n) is 0.740. The molecule has 0 aromatic heterocycles. The van der Waals surface area contributed by atoms with Crippen molar-refractivity contribution >= 4 is 17.8 Å². The molecule has 0 aliphatic carbocycles. The molecule has 0 aromatic carbocycles. The van der Waals surface area contributed by atoms with Crippen LogP contribution in [-0.2, 0) is 19.3 Å². The van der Waals surface area contributed by atoms with Crippen LogP contribution >= 0.6 is 0 Å². The van der Waals surface area contributed by atoms with Gasteiger partial charge < -0.3 is 20.4 Å². The van der Waals surface area contributed by atoms with Gasteiger partial charge in [-0.15, -0.1) is 0 Å². The summed E-state index contributed by atoms with van der Waals surface area (Å²) >= 11 is 0. The van der Waals surface area contributed by atoms with Crippen molar-refractivity contribution in [1.29, 1.82) is 0 Å². The van der Waals surface area contributed by atoms with Crippen molar-refractivity contribution in [2.24, 2.45) is 0 Å². The summed E-state index contributed by atoms with van der Waals surface area (Å²) in [6.07, 6.45) is -0.264. The Labute approximate surface area is 95.7 Å². The first-order valence-corrected chi connectivity index (χ1v) is 4.29. The zero-order valence-corrected chi connectivity index (χ0v) is 8.67. The van der Waals surface area contributed by atoms with Crippen molar-refractivity contribution in [3.8, 4) is 0 Å². The van der Waals surface area contributed by atoms with Crippen LogP contribution in [0, 0.1) is 0 Å². The molecular formula is C9H11NO7. The second kappa shape index (κ2) is 7.01. The predicted octanol–water partition coefficient (Wildman–Crippen LogP) is -0.0608. The summed E-state index contributed by atoms with van der Waals surface area (Å²) in [5.41, 5.74) is -0.319. The van der Waals surface area contributed by atoms with E-state index >= 15 is 0 Å². The Kier molecular flexibility index (Phi) is 6.04. The highest BCUT2D eigenvalue weighted by molar-refractivity contribution is 5.93. The summed E-state index contributed by atoms with van der Waals surface area (Å²) in [5.74, 6) is -3.70. The first-order valence-electron chi connectivity index (χ1n) is 4.29. The molecule has 0 aliphatic rings. The number of hydrogen-bond donors (Lipinski definition) is 4. The maximum Gasteiger partial charge on any atom is 0.331 e. The summed E-state index contributed by atoms with van der Waals surface area (Å²) in [6.45, 7) is 3.13. The van der Waals surface area contributed by atoms with E-state index in [1.807, 2.05) is 0 Å². The number of aliphatic carboxylic acids is 2. The van der Waals surface area contributed by atoms with Gasteiger partial charge in [-0.05, 0) is 0 Å². The minimum Gasteiger partial charge on any atom is -0.481 e. The Morgan fingerprint density at radius 1 is 1.24 bits per heavy atom. The largest absolute Gasteiger partial charge is 0.481 e. The molecule has 8 heteroatoms. The summed E-state index contributed by atoms with van der Waals surface area (Å²) < 4.78 is 0. The van der Waals surface area contributed by atoms with Gasteiger partial charge >= 0.3 is 11.9 Å². The molecule has 8 nitrogen and oxygen atoms in total.